The van der Waals surface area contributed by atoms with Crippen molar-refractivity contribution in [3.05, 3.63) is 18.2 Å². The summed E-state index contributed by atoms with van der Waals surface area (Å²) in [4.78, 5) is 2.26. The standard InChI is InChI=1S/C15H24N2O2/c1-11(2)19-14-7-3-6-13(15(14)16)17-8-4-5-12(9-17)10-18/h3,6-7,11-12,18H,4-5,8-10,16H2,1-2H3. The molecule has 1 aliphatic rings. The Morgan fingerprint density at radius 1 is 1.47 bits per heavy atom. The number of para-hydroxylation sites is 1. The Balaban J connectivity index is 2.19. The van der Waals surface area contributed by atoms with Crippen LogP contribution in [-0.2, 0) is 0 Å². The SMILES string of the molecule is CC(C)Oc1cccc(N2CCCC(CO)C2)c1N. The van der Waals surface area contributed by atoms with Gasteiger partial charge in [-0.1, -0.05) is 6.07 Å². The third kappa shape index (κ3) is 3.32. The highest BCUT2D eigenvalue weighted by atomic mass is 16.5. The van der Waals surface area contributed by atoms with E-state index in [-0.39, 0.29) is 12.7 Å². The number of nitrogen functional groups attached to an aromatic ring is 1. The van der Waals surface area contributed by atoms with Gasteiger partial charge < -0.3 is 20.5 Å². The summed E-state index contributed by atoms with van der Waals surface area (Å²) >= 11 is 0. The third-order valence-corrected chi connectivity index (χ3v) is 3.52. The molecule has 4 heteroatoms. The number of piperidine rings is 1. The summed E-state index contributed by atoms with van der Waals surface area (Å²) in [7, 11) is 0. The van der Waals surface area contributed by atoms with Gasteiger partial charge in [0.05, 0.1) is 17.5 Å². The average molecular weight is 264 g/mol. The first-order valence-corrected chi connectivity index (χ1v) is 7.02. The molecule has 0 spiro atoms. The highest BCUT2D eigenvalue weighted by Crippen LogP contribution is 2.34. The Kier molecular flexibility index (Phi) is 4.53. The molecule has 1 unspecified atom stereocenters. The van der Waals surface area contributed by atoms with Gasteiger partial charge >= 0.3 is 0 Å². The second-order valence-corrected chi connectivity index (χ2v) is 5.49. The molecule has 106 valence electrons. The van der Waals surface area contributed by atoms with Gasteiger partial charge in [-0.3, -0.25) is 0 Å². The van der Waals surface area contributed by atoms with Crippen molar-refractivity contribution in [3.8, 4) is 5.75 Å². The lowest BCUT2D eigenvalue weighted by molar-refractivity contribution is 0.208. The van der Waals surface area contributed by atoms with E-state index in [0.29, 0.717) is 11.6 Å². The molecule has 1 aliphatic heterocycles. The van der Waals surface area contributed by atoms with Gasteiger partial charge in [0.15, 0.2) is 0 Å². The molecule has 1 atom stereocenters. The maximum absolute atomic E-state index is 9.32. The quantitative estimate of drug-likeness (QED) is 0.819. The number of benzene rings is 1. The van der Waals surface area contributed by atoms with Gasteiger partial charge in [0, 0.05) is 19.7 Å². The van der Waals surface area contributed by atoms with Crippen molar-refractivity contribution in [2.45, 2.75) is 32.8 Å². The van der Waals surface area contributed by atoms with Crippen LogP contribution >= 0.6 is 0 Å². The number of hydrogen-bond donors (Lipinski definition) is 2. The van der Waals surface area contributed by atoms with Gasteiger partial charge in [-0.05, 0) is 44.7 Å². The van der Waals surface area contributed by atoms with Crippen LogP contribution in [0, 0.1) is 5.92 Å². The maximum Gasteiger partial charge on any atom is 0.144 e. The summed E-state index contributed by atoms with van der Waals surface area (Å²) in [6.45, 7) is 6.10. The summed E-state index contributed by atoms with van der Waals surface area (Å²) < 4.78 is 5.73. The van der Waals surface area contributed by atoms with Crippen molar-refractivity contribution in [1.82, 2.24) is 0 Å². The summed E-state index contributed by atoms with van der Waals surface area (Å²) in [6, 6.07) is 5.92. The first-order valence-electron chi connectivity index (χ1n) is 7.02. The highest BCUT2D eigenvalue weighted by Gasteiger charge is 2.21. The second-order valence-electron chi connectivity index (χ2n) is 5.49. The van der Waals surface area contributed by atoms with Crippen LogP contribution in [0.2, 0.25) is 0 Å². The zero-order chi connectivity index (χ0) is 13.8. The fourth-order valence-corrected chi connectivity index (χ4v) is 2.60. The largest absolute Gasteiger partial charge is 0.489 e. The maximum atomic E-state index is 9.32. The van der Waals surface area contributed by atoms with E-state index in [1.54, 1.807) is 0 Å². The summed E-state index contributed by atoms with van der Waals surface area (Å²) in [5.74, 6) is 1.10. The predicted molar refractivity (Wildman–Crippen MR) is 78.6 cm³/mol. The Morgan fingerprint density at radius 3 is 2.95 bits per heavy atom. The van der Waals surface area contributed by atoms with E-state index >= 15 is 0 Å². The Morgan fingerprint density at radius 2 is 2.26 bits per heavy atom. The van der Waals surface area contributed by atoms with Crippen LogP contribution in [0.25, 0.3) is 0 Å². The van der Waals surface area contributed by atoms with Gasteiger partial charge in [0.25, 0.3) is 0 Å². The minimum Gasteiger partial charge on any atom is -0.489 e. The van der Waals surface area contributed by atoms with Gasteiger partial charge in [-0.25, -0.2) is 0 Å². The molecule has 0 radical (unpaired) electrons. The molecule has 3 N–H and O–H groups in total. The lowest BCUT2D eigenvalue weighted by Crippen LogP contribution is -2.37. The number of aliphatic hydroxyl groups excluding tert-OH is 1. The molecule has 1 aromatic rings. The number of aliphatic hydroxyl groups is 1. The number of nitrogens with zero attached hydrogens (tertiary/aromatic N) is 1. The van der Waals surface area contributed by atoms with E-state index in [1.165, 1.54) is 0 Å². The van der Waals surface area contributed by atoms with Crippen molar-refractivity contribution in [1.29, 1.82) is 0 Å². The number of nitrogens with two attached hydrogens (primary N) is 1. The smallest absolute Gasteiger partial charge is 0.144 e. The zero-order valence-electron chi connectivity index (χ0n) is 11.8. The van der Waals surface area contributed by atoms with Crippen molar-refractivity contribution < 1.29 is 9.84 Å². The Labute approximate surface area is 115 Å². The van der Waals surface area contributed by atoms with Crippen LogP contribution < -0.4 is 15.4 Å². The van der Waals surface area contributed by atoms with Crippen molar-refractivity contribution in [2.75, 3.05) is 30.3 Å². The van der Waals surface area contributed by atoms with Gasteiger partial charge in [-0.15, -0.1) is 0 Å². The summed E-state index contributed by atoms with van der Waals surface area (Å²) in [5.41, 5.74) is 7.95. The van der Waals surface area contributed by atoms with Crippen LogP contribution in [0.5, 0.6) is 5.75 Å². The number of anilines is 2. The summed E-state index contributed by atoms with van der Waals surface area (Å²) in [6.07, 6.45) is 2.30. The van der Waals surface area contributed by atoms with Crippen LogP contribution in [-0.4, -0.2) is 30.9 Å². The Bertz CT molecular complexity index is 421. The number of rotatable bonds is 4. The zero-order valence-corrected chi connectivity index (χ0v) is 11.8. The van der Waals surface area contributed by atoms with Crippen molar-refractivity contribution in [2.24, 2.45) is 5.92 Å². The topological polar surface area (TPSA) is 58.7 Å². The van der Waals surface area contributed by atoms with E-state index in [9.17, 15) is 5.11 Å². The molecule has 0 bridgehead atoms. The predicted octanol–water partition coefficient (Wildman–Crippen LogP) is 2.26. The van der Waals surface area contributed by atoms with Crippen molar-refractivity contribution >= 4 is 11.4 Å². The fourth-order valence-electron chi connectivity index (χ4n) is 2.60. The van der Waals surface area contributed by atoms with Crippen LogP contribution in [0.3, 0.4) is 0 Å². The number of hydrogen-bond acceptors (Lipinski definition) is 4. The molecule has 4 nitrogen and oxygen atoms in total. The highest BCUT2D eigenvalue weighted by molar-refractivity contribution is 5.74. The van der Waals surface area contributed by atoms with E-state index in [2.05, 4.69) is 4.90 Å². The lowest BCUT2D eigenvalue weighted by Gasteiger charge is -2.34. The van der Waals surface area contributed by atoms with Gasteiger partial charge in [0.1, 0.15) is 5.75 Å². The molecule has 2 rings (SSSR count). The molecule has 1 fully saturated rings. The molecule has 0 saturated carbocycles. The molecule has 1 heterocycles. The molecule has 19 heavy (non-hydrogen) atoms. The molecule has 0 aromatic heterocycles. The third-order valence-electron chi connectivity index (χ3n) is 3.52. The van der Waals surface area contributed by atoms with Crippen LogP contribution in [0.15, 0.2) is 18.2 Å². The van der Waals surface area contributed by atoms with E-state index in [0.717, 1.165) is 37.4 Å². The minimum absolute atomic E-state index is 0.115. The number of ether oxygens (including phenoxy) is 1. The van der Waals surface area contributed by atoms with Crippen molar-refractivity contribution in [3.63, 3.8) is 0 Å². The molecular formula is C15H24N2O2. The van der Waals surface area contributed by atoms with Gasteiger partial charge in [-0.2, -0.15) is 0 Å². The lowest BCUT2D eigenvalue weighted by atomic mass is 9.98. The second kappa shape index (κ2) is 6.15. The monoisotopic (exact) mass is 264 g/mol. The minimum atomic E-state index is 0.115. The van der Waals surface area contributed by atoms with E-state index in [1.807, 2.05) is 32.0 Å². The van der Waals surface area contributed by atoms with Crippen LogP contribution in [0.4, 0.5) is 11.4 Å². The summed E-state index contributed by atoms with van der Waals surface area (Å²) in [5, 5.41) is 9.32. The van der Waals surface area contributed by atoms with E-state index in [4.69, 9.17) is 10.5 Å². The molecule has 1 aromatic carbocycles. The molecular weight excluding hydrogens is 240 g/mol. The molecule has 1 saturated heterocycles. The average Bonchev–Trinajstić information content (AvgIpc) is 2.41. The van der Waals surface area contributed by atoms with Gasteiger partial charge in [0.2, 0.25) is 0 Å². The fraction of sp³-hybridized carbons (Fsp3) is 0.600. The van der Waals surface area contributed by atoms with Crippen LogP contribution in [0.1, 0.15) is 26.7 Å². The first kappa shape index (κ1) is 14.0. The Hall–Kier alpha value is -1.42. The molecule has 0 amide bonds. The molecule has 0 aliphatic carbocycles. The first-order chi connectivity index (χ1) is 9.11. The normalized spacial score (nSPS) is 19.8. The van der Waals surface area contributed by atoms with E-state index < -0.39 is 0 Å².